The van der Waals surface area contributed by atoms with E-state index < -0.39 is 0 Å². The Morgan fingerprint density at radius 2 is 2.00 bits per heavy atom. The quantitative estimate of drug-likeness (QED) is 0.741. The highest BCUT2D eigenvalue weighted by atomic mass is 79.9. The van der Waals surface area contributed by atoms with E-state index in [4.69, 9.17) is 4.74 Å². The number of halogens is 1. The van der Waals surface area contributed by atoms with Crippen LogP contribution in [0.5, 0.6) is 5.75 Å². The van der Waals surface area contributed by atoms with Gasteiger partial charge >= 0.3 is 0 Å². The SMILES string of the molecule is COc1ccc(CC(CBr)C2CCC2)cc1. The fourth-order valence-electron chi connectivity index (χ4n) is 2.32. The molecule has 88 valence electrons. The van der Waals surface area contributed by atoms with Crippen molar-refractivity contribution in [3.05, 3.63) is 29.8 Å². The zero-order valence-electron chi connectivity index (χ0n) is 9.79. The first-order valence-corrected chi connectivity index (χ1v) is 7.14. The molecule has 0 saturated heterocycles. The van der Waals surface area contributed by atoms with Crippen molar-refractivity contribution >= 4 is 15.9 Å². The van der Waals surface area contributed by atoms with Crippen LogP contribution in [-0.2, 0) is 6.42 Å². The van der Waals surface area contributed by atoms with Crippen molar-refractivity contribution in [1.29, 1.82) is 0 Å². The van der Waals surface area contributed by atoms with Gasteiger partial charge in [0.15, 0.2) is 0 Å². The highest BCUT2D eigenvalue weighted by molar-refractivity contribution is 9.09. The Balaban J connectivity index is 1.95. The lowest BCUT2D eigenvalue weighted by Gasteiger charge is -2.32. The molecule has 1 aliphatic carbocycles. The lowest BCUT2D eigenvalue weighted by molar-refractivity contribution is 0.224. The standard InChI is InChI=1S/C14H19BrO/c1-16-14-7-5-11(6-8-14)9-13(10-15)12-3-2-4-12/h5-8,12-13H,2-4,9-10H2,1H3. The Morgan fingerprint density at radius 3 is 2.44 bits per heavy atom. The molecule has 1 nitrogen and oxygen atoms in total. The maximum atomic E-state index is 5.17. The summed E-state index contributed by atoms with van der Waals surface area (Å²) in [5, 5.41) is 1.13. The average molecular weight is 283 g/mol. The van der Waals surface area contributed by atoms with Gasteiger partial charge in [0, 0.05) is 5.33 Å². The van der Waals surface area contributed by atoms with Crippen LogP contribution in [0.25, 0.3) is 0 Å². The molecule has 1 saturated carbocycles. The van der Waals surface area contributed by atoms with Crippen LogP contribution in [-0.4, -0.2) is 12.4 Å². The third kappa shape index (κ3) is 2.79. The molecule has 0 heterocycles. The second kappa shape index (κ2) is 5.72. The van der Waals surface area contributed by atoms with Crippen LogP contribution in [0, 0.1) is 11.8 Å². The normalized spacial score (nSPS) is 17.9. The van der Waals surface area contributed by atoms with Crippen LogP contribution < -0.4 is 4.74 Å². The van der Waals surface area contributed by atoms with Gasteiger partial charge in [0.2, 0.25) is 0 Å². The molecule has 0 aliphatic heterocycles. The summed E-state index contributed by atoms with van der Waals surface area (Å²) in [6, 6.07) is 8.49. The summed E-state index contributed by atoms with van der Waals surface area (Å²) in [5.74, 6) is 2.70. The fourth-order valence-corrected chi connectivity index (χ4v) is 3.08. The van der Waals surface area contributed by atoms with Crippen LogP contribution in [0.1, 0.15) is 24.8 Å². The molecule has 1 unspecified atom stereocenters. The summed E-state index contributed by atoms with van der Waals surface area (Å²) in [4.78, 5) is 0. The van der Waals surface area contributed by atoms with Gasteiger partial charge in [-0.3, -0.25) is 0 Å². The first-order valence-electron chi connectivity index (χ1n) is 6.02. The van der Waals surface area contributed by atoms with Crippen molar-refractivity contribution in [3.63, 3.8) is 0 Å². The van der Waals surface area contributed by atoms with E-state index in [1.54, 1.807) is 7.11 Å². The fraction of sp³-hybridized carbons (Fsp3) is 0.571. The molecule has 0 bridgehead atoms. The molecular formula is C14H19BrO. The van der Waals surface area contributed by atoms with Crippen molar-refractivity contribution in [2.24, 2.45) is 11.8 Å². The Kier molecular flexibility index (Phi) is 4.28. The lowest BCUT2D eigenvalue weighted by Crippen LogP contribution is -2.24. The van der Waals surface area contributed by atoms with E-state index >= 15 is 0 Å². The van der Waals surface area contributed by atoms with Crippen LogP contribution >= 0.6 is 15.9 Å². The molecule has 2 heteroatoms. The minimum atomic E-state index is 0.808. The number of hydrogen-bond donors (Lipinski definition) is 0. The van der Waals surface area contributed by atoms with Gasteiger partial charge in [0.05, 0.1) is 7.11 Å². The summed E-state index contributed by atoms with van der Waals surface area (Å²) >= 11 is 3.65. The van der Waals surface area contributed by atoms with E-state index in [0.717, 1.165) is 22.9 Å². The molecule has 0 radical (unpaired) electrons. The van der Waals surface area contributed by atoms with E-state index in [9.17, 15) is 0 Å². The minimum Gasteiger partial charge on any atom is -0.497 e. The van der Waals surface area contributed by atoms with E-state index in [0.29, 0.717) is 0 Å². The maximum Gasteiger partial charge on any atom is 0.118 e. The van der Waals surface area contributed by atoms with Crippen molar-refractivity contribution in [3.8, 4) is 5.75 Å². The van der Waals surface area contributed by atoms with Crippen LogP contribution in [0.15, 0.2) is 24.3 Å². The van der Waals surface area contributed by atoms with E-state index in [1.165, 1.54) is 31.2 Å². The second-order valence-corrected chi connectivity index (χ2v) is 5.31. The largest absolute Gasteiger partial charge is 0.497 e. The Hall–Kier alpha value is -0.500. The second-order valence-electron chi connectivity index (χ2n) is 4.66. The molecule has 1 aromatic rings. The summed E-state index contributed by atoms with van der Waals surface area (Å²) in [6.07, 6.45) is 5.47. The van der Waals surface area contributed by atoms with Gasteiger partial charge in [-0.05, 0) is 36.0 Å². The lowest BCUT2D eigenvalue weighted by atomic mass is 9.74. The molecule has 0 spiro atoms. The van der Waals surface area contributed by atoms with Crippen LogP contribution in [0.4, 0.5) is 0 Å². The van der Waals surface area contributed by atoms with Gasteiger partial charge < -0.3 is 4.74 Å². The predicted octanol–water partition coefficient (Wildman–Crippen LogP) is 4.05. The number of hydrogen-bond acceptors (Lipinski definition) is 1. The Labute approximate surface area is 106 Å². The third-order valence-corrected chi connectivity index (χ3v) is 4.50. The maximum absolute atomic E-state index is 5.17. The molecule has 1 fully saturated rings. The number of ether oxygens (including phenoxy) is 1. The molecule has 1 aliphatic rings. The zero-order valence-corrected chi connectivity index (χ0v) is 11.4. The molecular weight excluding hydrogens is 264 g/mol. The minimum absolute atomic E-state index is 0.808. The van der Waals surface area contributed by atoms with Crippen LogP contribution in [0.3, 0.4) is 0 Å². The predicted molar refractivity (Wildman–Crippen MR) is 71.3 cm³/mol. The Bertz CT molecular complexity index is 316. The Morgan fingerprint density at radius 1 is 1.31 bits per heavy atom. The molecule has 1 aromatic carbocycles. The van der Waals surface area contributed by atoms with Crippen molar-refractivity contribution < 1.29 is 4.74 Å². The van der Waals surface area contributed by atoms with Gasteiger partial charge in [0.1, 0.15) is 5.75 Å². The number of alkyl halides is 1. The van der Waals surface area contributed by atoms with Gasteiger partial charge in [-0.15, -0.1) is 0 Å². The zero-order chi connectivity index (χ0) is 11.4. The highest BCUT2D eigenvalue weighted by Crippen LogP contribution is 2.36. The van der Waals surface area contributed by atoms with Crippen LogP contribution in [0.2, 0.25) is 0 Å². The molecule has 0 N–H and O–H groups in total. The first kappa shape index (κ1) is 12.0. The van der Waals surface area contributed by atoms with Gasteiger partial charge in [-0.25, -0.2) is 0 Å². The van der Waals surface area contributed by atoms with Crippen molar-refractivity contribution in [1.82, 2.24) is 0 Å². The summed E-state index contributed by atoms with van der Waals surface area (Å²) < 4.78 is 5.17. The molecule has 0 aromatic heterocycles. The summed E-state index contributed by atoms with van der Waals surface area (Å²) in [7, 11) is 1.71. The van der Waals surface area contributed by atoms with Crippen molar-refractivity contribution in [2.75, 3.05) is 12.4 Å². The number of methoxy groups -OCH3 is 1. The average Bonchev–Trinajstić information content (AvgIpc) is 2.26. The monoisotopic (exact) mass is 282 g/mol. The van der Waals surface area contributed by atoms with Gasteiger partial charge in [0.25, 0.3) is 0 Å². The molecule has 2 rings (SSSR count). The summed E-state index contributed by atoms with van der Waals surface area (Å²) in [5.41, 5.74) is 1.43. The van der Waals surface area contributed by atoms with E-state index in [2.05, 4.69) is 40.2 Å². The molecule has 1 atom stereocenters. The topological polar surface area (TPSA) is 9.23 Å². The number of benzene rings is 1. The molecule has 16 heavy (non-hydrogen) atoms. The molecule has 0 amide bonds. The number of rotatable bonds is 5. The van der Waals surface area contributed by atoms with E-state index in [1.807, 2.05) is 0 Å². The van der Waals surface area contributed by atoms with Gasteiger partial charge in [-0.2, -0.15) is 0 Å². The van der Waals surface area contributed by atoms with Crippen molar-refractivity contribution in [2.45, 2.75) is 25.7 Å². The van der Waals surface area contributed by atoms with E-state index in [-0.39, 0.29) is 0 Å². The summed E-state index contributed by atoms with van der Waals surface area (Å²) in [6.45, 7) is 0. The van der Waals surface area contributed by atoms with Gasteiger partial charge in [-0.1, -0.05) is 47.3 Å². The third-order valence-electron chi connectivity index (χ3n) is 3.67. The smallest absolute Gasteiger partial charge is 0.118 e. The highest BCUT2D eigenvalue weighted by Gasteiger charge is 2.26. The first-order chi connectivity index (χ1) is 7.83.